The van der Waals surface area contributed by atoms with E-state index in [4.69, 9.17) is 5.73 Å². The number of nitrogens with two attached hydrogens (primary N) is 1. The SMILES string of the molecule is Cc1ccc(CNCC(=O)CN)cc1. The lowest BCUT2D eigenvalue weighted by Crippen LogP contribution is -2.27. The van der Waals surface area contributed by atoms with Gasteiger partial charge in [0.2, 0.25) is 0 Å². The predicted octanol–water partition coefficient (Wildman–Crippen LogP) is 0.612. The van der Waals surface area contributed by atoms with Crippen LogP contribution in [-0.2, 0) is 11.3 Å². The van der Waals surface area contributed by atoms with Crippen LogP contribution in [-0.4, -0.2) is 18.9 Å². The van der Waals surface area contributed by atoms with Crippen LogP contribution in [0.5, 0.6) is 0 Å². The lowest BCUT2D eigenvalue weighted by atomic mass is 10.1. The van der Waals surface area contributed by atoms with Gasteiger partial charge in [-0.25, -0.2) is 0 Å². The Morgan fingerprint density at radius 2 is 2.00 bits per heavy atom. The molecule has 0 saturated heterocycles. The van der Waals surface area contributed by atoms with Gasteiger partial charge in [-0.05, 0) is 12.5 Å². The zero-order chi connectivity index (χ0) is 10.4. The van der Waals surface area contributed by atoms with Crippen LogP contribution in [0, 0.1) is 6.92 Å². The van der Waals surface area contributed by atoms with Gasteiger partial charge in [-0.2, -0.15) is 0 Å². The number of Topliss-reactive ketones (excluding diaryl/α,β-unsaturated/α-hetero) is 1. The molecule has 3 N–H and O–H groups in total. The van der Waals surface area contributed by atoms with E-state index in [0.717, 1.165) is 0 Å². The quantitative estimate of drug-likeness (QED) is 0.718. The van der Waals surface area contributed by atoms with Crippen molar-refractivity contribution in [2.75, 3.05) is 13.1 Å². The molecule has 0 aromatic heterocycles. The maximum atomic E-state index is 10.9. The molecule has 0 fully saturated rings. The molecule has 0 atom stereocenters. The summed E-state index contributed by atoms with van der Waals surface area (Å²) in [6.07, 6.45) is 0. The van der Waals surface area contributed by atoms with E-state index in [0.29, 0.717) is 13.1 Å². The second-order valence-corrected chi connectivity index (χ2v) is 3.33. The highest BCUT2D eigenvalue weighted by Crippen LogP contribution is 2.01. The Kier molecular flexibility index (Phi) is 4.29. The van der Waals surface area contributed by atoms with E-state index < -0.39 is 0 Å². The minimum Gasteiger partial charge on any atom is -0.324 e. The molecule has 3 nitrogen and oxygen atoms in total. The van der Waals surface area contributed by atoms with E-state index in [9.17, 15) is 4.79 Å². The molecule has 0 saturated carbocycles. The predicted molar refractivity (Wildman–Crippen MR) is 56.9 cm³/mol. The third kappa shape index (κ3) is 3.68. The van der Waals surface area contributed by atoms with Crippen LogP contribution < -0.4 is 11.1 Å². The average Bonchev–Trinajstić information content (AvgIpc) is 2.21. The molecule has 0 bridgehead atoms. The number of rotatable bonds is 5. The Morgan fingerprint density at radius 1 is 1.36 bits per heavy atom. The van der Waals surface area contributed by atoms with E-state index in [-0.39, 0.29) is 12.3 Å². The van der Waals surface area contributed by atoms with Crippen molar-refractivity contribution in [2.24, 2.45) is 5.73 Å². The Bertz CT molecular complexity index is 293. The Hall–Kier alpha value is -1.19. The molecule has 0 heterocycles. The van der Waals surface area contributed by atoms with Crippen LogP contribution in [0.3, 0.4) is 0 Å². The largest absolute Gasteiger partial charge is 0.324 e. The first kappa shape index (κ1) is 10.9. The topological polar surface area (TPSA) is 55.1 Å². The minimum atomic E-state index is 0.0390. The number of carbonyl (C=O) groups is 1. The van der Waals surface area contributed by atoms with Gasteiger partial charge in [0.25, 0.3) is 0 Å². The fourth-order valence-electron chi connectivity index (χ4n) is 1.12. The van der Waals surface area contributed by atoms with E-state index in [1.165, 1.54) is 11.1 Å². The first-order valence-corrected chi connectivity index (χ1v) is 4.70. The normalized spacial score (nSPS) is 10.1. The number of benzene rings is 1. The first-order valence-electron chi connectivity index (χ1n) is 4.70. The molecule has 0 spiro atoms. The summed E-state index contributed by atoms with van der Waals surface area (Å²) in [5.74, 6) is 0.0390. The highest BCUT2D eigenvalue weighted by molar-refractivity contribution is 5.82. The Balaban J connectivity index is 2.31. The second-order valence-electron chi connectivity index (χ2n) is 3.33. The van der Waals surface area contributed by atoms with Crippen LogP contribution in [0.4, 0.5) is 0 Å². The van der Waals surface area contributed by atoms with Crippen LogP contribution in [0.15, 0.2) is 24.3 Å². The lowest BCUT2D eigenvalue weighted by molar-refractivity contribution is -0.116. The molecule has 1 rings (SSSR count). The van der Waals surface area contributed by atoms with Gasteiger partial charge in [-0.3, -0.25) is 4.79 Å². The molecular weight excluding hydrogens is 176 g/mol. The summed E-state index contributed by atoms with van der Waals surface area (Å²) in [4.78, 5) is 10.9. The van der Waals surface area contributed by atoms with Gasteiger partial charge in [0.15, 0.2) is 5.78 Å². The number of carbonyl (C=O) groups excluding carboxylic acids is 1. The van der Waals surface area contributed by atoms with Gasteiger partial charge in [0.05, 0.1) is 13.1 Å². The number of nitrogens with one attached hydrogen (secondary N) is 1. The number of hydrogen-bond acceptors (Lipinski definition) is 3. The molecule has 1 aromatic carbocycles. The maximum absolute atomic E-state index is 10.9. The van der Waals surface area contributed by atoms with Crippen molar-refractivity contribution >= 4 is 5.78 Å². The number of aryl methyl sites for hydroxylation is 1. The average molecular weight is 192 g/mol. The molecule has 0 aliphatic carbocycles. The molecule has 0 amide bonds. The van der Waals surface area contributed by atoms with Gasteiger partial charge >= 0.3 is 0 Å². The van der Waals surface area contributed by atoms with Gasteiger partial charge in [0, 0.05) is 6.54 Å². The number of ketones is 1. The highest BCUT2D eigenvalue weighted by atomic mass is 16.1. The molecule has 76 valence electrons. The summed E-state index contributed by atoms with van der Waals surface area (Å²) in [5.41, 5.74) is 7.61. The zero-order valence-corrected chi connectivity index (χ0v) is 8.42. The van der Waals surface area contributed by atoms with Crippen LogP contribution >= 0.6 is 0 Å². The summed E-state index contributed by atoms with van der Waals surface area (Å²) < 4.78 is 0. The molecule has 1 aromatic rings. The second kappa shape index (κ2) is 5.52. The molecule has 0 unspecified atom stereocenters. The molecule has 3 heteroatoms. The van der Waals surface area contributed by atoms with Gasteiger partial charge in [-0.15, -0.1) is 0 Å². The van der Waals surface area contributed by atoms with Crippen molar-refractivity contribution in [3.63, 3.8) is 0 Å². The van der Waals surface area contributed by atoms with Gasteiger partial charge in [0.1, 0.15) is 0 Å². The monoisotopic (exact) mass is 192 g/mol. The smallest absolute Gasteiger partial charge is 0.160 e. The van der Waals surface area contributed by atoms with Gasteiger partial charge < -0.3 is 11.1 Å². The third-order valence-electron chi connectivity index (χ3n) is 2.00. The fraction of sp³-hybridized carbons (Fsp3) is 0.364. The summed E-state index contributed by atoms with van der Waals surface area (Å²) >= 11 is 0. The highest BCUT2D eigenvalue weighted by Gasteiger charge is 1.97. The van der Waals surface area contributed by atoms with Crippen molar-refractivity contribution in [2.45, 2.75) is 13.5 Å². The van der Waals surface area contributed by atoms with Crippen LogP contribution in [0.2, 0.25) is 0 Å². The third-order valence-corrected chi connectivity index (χ3v) is 2.00. The lowest BCUT2D eigenvalue weighted by Gasteiger charge is -2.03. The molecule has 14 heavy (non-hydrogen) atoms. The minimum absolute atomic E-state index is 0.0390. The van der Waals surface area contributed by atoms with Crippen LogP contribution in [0.25, 0.3) is 0 Å². The Morgan fingerprint density at radius 3 is 2.57 bits per heavy atom. The van der Waals surface area contributed by atoms with E-state index in [1.54, 1.807) is 0 Å². The van der Waals surface area contributed by atoms with Crippen molar-refractivity contribution in [1.29, 1.82) is 0 Å². The van der Waals surface area contributed by atoms with Crippen molar-refractivity contribution in [3.05, 3.63) is 35.4 Å². The number of hydrogen-bond donors (Lipinski definition) is 2. The summed E-state index contributed by atoms with van der Waals surface area (Å²) in [6.45, 7) is 3.23. The van der Waals surface area contributed by atoms with Crippen LogP contribution in [0.1, 0.15) is 11.1 Å². The maximum Gasteiger partial charge on any atom is 0.160 e. The van der Waals surface area contributed by atoms with Crippen molar-refractivity contribution in [1.82, 2.24) is 5.32 Å². The van der Waals surface area contributed by atoms with E-state index >= 15 is 0 Å². The first-order chi connectivity index (χ1) is 6.72. The van der Waals surface area contributed by atoms with Crippen molar-refractivity contribution < 1.29 is 4.79 Å². The van der Waals surface area contributed by atoms with Gasteiger partial charge in [-0.1, -0.05) is 29.8 Å². The standard InChI is InChI=1S/C11H16N2O/c1-9-2-4-10(5-3-9)7-13-8-11(14)6-12/h2-5,13H,6-8,12H2,1H3. The fourth-order valence-corrected chi connectivity index (χ4v) is 1.12. The molecule has 0 radical (unpaired) electrons. The van der Waals surface area contributed by atoms with Crippen molar-refractivity contribution in [3.8, 4) is 0 Å². The summed E-state index contributed by atoms with van der Waals surface area (Å²) in [6, 6.07) is 8.22. The Labute approximate surface area is 84.3 Å². The summed E-state index contributed by atoms with van der Waals surface area (Å²) in [5, 5.41) is 3.04. The molecule has 0 aliphatic heterocycles. The van der Waals surface area contributed by atoms with E-state index in [2.05, 4.69) is 36.5 Å². The molecule has 0 aliphatic rings. The summed E-state index contributed by atoms with van der Waals surface area (Å²) in [7, 11) is 0. The zero-order valence-electron chi connectivity index (χ0n) is 8.42. The molecular formula is C11H16N2O. The van der Waals surface area contributed by atoms with E-state index in [1.807, 2.05) is 0 Å².